The molecule has 106 valence electrons. The molecule has 1 atom stereocenters. The van der Waals surface area contributed by atoms with Gasteiger partial charge in [0, 0.05) is 17.7 Å². The third kappa shape index (κ3) is 4.68. The average molecular weight is 380 g/mol. The molecule has 0 saturated carbocycles. The van der Waals surface area contributed by atoms with Crippen molar-refractivity contribution in [2.75, 3.05) is 6.54 Å². The lowest BCUT2D eigenvalue weighted by atomic mass is 10.0. The van der Waals surface area contributed by atoms with Gasteiger partial charge in [0.15, 0.2) is 0 Å². The third-order valence-electron chi connectivity index (χ3n) is 2.96. The molecule has 0 saturated heterocycles. The molecular weight excluding hydrogens is 362 g/mol. The number of nitro benzene ring substituents is 1. The average Bonchev–Trinajstić information content (AvgIpc) is 2.37. The van der Waals surface area contributed by atoms with Crippen LogP contribution in [-0.4, -0.2) is 17.5 Å². The maximum Gasteiger partial charge on any atom is 0.273 e. The van der Waals surface area contributed by atoms with E-state index >= 15 is 0 Å². The van der Waals surface area contributed by atoms with Crippen LogP contribution in [-0.2, 0) is 6.42 Å². The second kappa shape index (κ2) is 7.74. The minimum Gasteiger partial charge on any atom is -0.314 e. The second-order valence-electron chi connectivity index (χ2n) is 4.42. The van der Waals surface area contributed by atoms with Crippen molar-refractivity contribution in [3.63, 3.8) is 0 Å². The van der Waals surface area contributed by atoms with E-state index < -0.39 is 10.7 Å². The topological polar surface area (TPSA) is 55.2 Å². The number of nitrogens with zero attached hydrogens (tertiary/aromatic N) is 1. The normalized spacial score (nSPS) is 12.4. The molecule has 0 heterocycles. The Morgan fingerprint density at radius 3 is 2.68 bits per heavy atom. The van der Waals surface area contributed by atoms with Crippen LogP contribution in [0.15, 0.2) is 12.1 Å². The first-order chi connectivity index (χ1) is 8.99. The van der Waals surface area contributed by atoms with Gasteiger partial charge in [-0.05, 0) is 54.5 Å². The van der Waals surface area contributed by atoms with Gasteiger partial charge in [-0.25, -0.2) is 4.39 Å². The summed E-state index contributed by atoms with van der Waals surface area (Å²) >= 11 is 1.77. The monoisotopic (exact) mass is 380 g/mol. The van der Waals surface area contributed by atoms with Crippen LogP contribution < -0.4 is 5.32 Å². The molecule has 0 amide bonds. The lowest BCUT2D eigenvalue weighted by molar-refractivity contribution is -0.385. The van der Waals surface area contributed by atoms with E-state index in [1.54, 1.807) is 22.6 Å². The van der Waals surface area contributed by atoms with Crippen LogP contribution in [0.4, 0.5) is 10.1 Å². The van der Waals surface area contributed by atoms with Gasteiger partial charge >= 0.3 is 0 Å². The van der Waals surface area contributed by atoms with Crippen molar-refractivity contribution < 1.29 is 9.31 Å². The summed E-state index contributed by atoms with van der Waals surface area (Å²) in [5, 5.41) is 14.3. The molecule has 6 heteroatoms. The predicted molar refractivity (Wildman–Crippen MR) is 81.8 cm³/mol. The van der Waals surface area contributed by atoms with Crippen molar-refractivity contribution in [2.45, 2.75) is 39.2 Å². The van der Waals surface area contributed by atoms with Crippen molar-refractivity contribution in [1.29, 1.82) is 0 Å². The second-order valence-corrected chi connectivity index (χ2v) is 5.58. The molecule has 0 aliphatic carbocycles. The van der Waals surface area contributed by atoms with Gasteiger partial charge in [-0.15, -0.1) is 0 Å². The molecule has 0 bridgehead atoms. The van der Waals surface area contributed by atoms with Crippen LogP contribution in [0.1, 0.15) is 32.3 Å². The summed E-state index contributed by atoms with van der Waals surface area (Å²) in [7, 11) is 0. The van der Waals surface area contributed by atoms with E-state index in [1.165, 1.54) is 12.1 Å². The number of nitrogens with one attached hydrogen (secondary N) is 1. The lowest BCUT2D eigenvalue weighted by Crippen LogP contribution is -2.31. The van der Waals surface area contributed by atoms with Crippen molar-refractivity contribution in [2.24, 2.45) is 0 Å². The van der Waals surface area contributed by atoms with Crippen LogP contribution in [0, 0.1) is 19.5 Å². The zero-order valence-electron chi connectivity index (χ0n) is 11.1. The SMILES string of the molecule is CCCNC(CC)Cc1cc(F)c(I)cc1[N+](=O)[O-]. The summed E-state index contributed by atoms with van der Waals surface area (Å²) in [5.41, 5.74) is 0.459. The van der Waals surface area contributed by atoms with Gasteiger partial charge in [0.05, 0.1) is 8.49 Å². The Hall–Kier alpha value is -0.760. The molecular formula is C13H18FIN2O2. The summed E-state index contributed by atoms with van der Waals surface area (Å²) in [6.07, 6.45) is 2.32. The number of nitro groups is 1. The molecule has 0 fully saturated rings. The zero-order valence-corrected chi connectivity index (χ0v) is 13.2. The fraction of sp³-hybridized carbons (Fsp3) is 0.538. The Balaban J connectivity index is 2.97. The van der Waals surface area contributed by atoms with E-state index in [0.29, 0.717) is 12.0 Å². The van der Waals surface area contributed by atoms with Gasteiger partial charge in [-0.1, -0.05) is 13.8 Å². The van der Waals surface area contributed by atoms with Crippen LogP contribution in [0.3, 0.4) is 0 Å². The molecule has 1 rings (SSSR count). The Bertz CT molecular complexity index is 455. The zero-order chi connectivity index (χ0) is 14.4. The molecule has 1 N–H and O–H groups in total. The molecule has 1 unspecified atom stereocenters. The van der Waals surface area contributed by atoms with Crippen LogP contribution >= 0.6 is 22.6 Å². The smallest absolute Gasteiger partial charge is 0.273 e. The Morgan fingerprint density at radius 1 is 1.47 bits per heavy atom. The molecule has 4 nitrogen and oxygen atoms in total. The number of rotatable bonds is 7. The first-order valence-electron chi connectivity index (χ1n) is 6.35. The molecule has 19 heavy (non-hydrogen) atoms. The molecule has 1 aromatic rings. The third-order valence-corrected chi connectivity index (χ3v) is 3.79. The van der Waals surface area contributed by atoms with E-state index in [-0.39, 0.29) is 15.3 Å². The highest BCUT2D eigenvalue weighted by Gasteiger charge is 2.19. The first-order valence-corrected chi connectivity index (χ1v) is 7.43. The summed E-state index contributed by atoms with van der Waals surface area (Å²) in [6, 6.07) is 2.73. The first kappa shape index (κ1) is 16.3. The molecule has 0 spiro atoms. The highest BCUT2D eigenvalue weighted by molar-refractivity contribution is 14.1. The van der Waals surface area contributed by atoms with Gasteiger partial charge in [0.25, 0.3) is 5.69 Å². The summed E-state index contributed by atoms with van der Waals surface area (Å²) in [6.45, 7) is 4.94. The standard InChI is InChI=1S/C13H18FIN2O2/c1-3-5-16-10(4-2)6-9-7-11(14)12(15)8-13(9)17(18)19/h7-8,10,16H,3-6H2,1-2H3. The lowest BCUT2D eigenvalue weighted by Gasteiger charge is -2.16. The minimum atomic E-state index is -0.441. The largest absolute Gasteiger partial charge is 0.314 e. The minimum absolute atomic E-state index is 0.00236. The maximum atomic E-state index is 13.6. The fourth-order valence-corrected chi connectivity index (χ4v) is 2.34. The van der Waals surface area contributed by atoms with E-state index in [2.05, 4.69) is 12.2 Å². The van der Waals surface area contributed by atoms with E-state index in [9.17, 15) is 14.5 Å². The summed E-state index contributed by atoms with van der Waals surface area (Å²) in [5.74, 6) is -0.397. The maximum absolute atomic E-state index is 13.6. The van der Waals surface area contributed by atoms with Crippen LogP contribution in [0.2, 0.25) is 0 Å². The number of hydrogen-bond donors (Lipinski definition) is 1. The number of hydrogen-bond acceptors (Lipinski definition) is 3. The van der Waals surface area contributed by atoms with Crippen molar-refractivity contribution in [3.8, 4) is 0 Å². The van der Waals surface area contributed by atoms with E-state index in [4.69, 9.17) is 0 Å². The summed E-state index contributed by atoms with van der Waals surface area (Å²) < 4.78 is 13.9. The molecule has 0 aliphatic heterocycles. The van der Waals surface area contributed by atoms with Crippen molar-refractivity contribution >= 4 is 28.3 Å². The molecule has 0 radical (unpaired) electrons. The van der Waals surface area contributed by atoms with Gasteiger partial charge in [-0.2, -0.15) is 0 Å². The Morgan fingerprint density at radius 2 is 2.16 bits per heavy atom. The molecule has 1 aromatic carbocycles. The predicted octanol–water partition coefficient (Wildman–Crippen LogP) is 3.66. The van der Waals surface area contributed by atoms with Crippen molar-refractivity contribution in [3.05, 3.63) is 37.2 Å². The van der Waals surface area contributed by atoms with Gasteiger partial charge in [0.1, 0.15) is 5.82 Å². The number of halogens is 2. The Kier molecular flexibility index (Phi) is 6.64. The van der Waals surface area contributed by atoms with Gasteiger partial charge in [0.2, 0.25) is 0 Å². The summed E-state index contributed by atoms with van der Waals surface area (Å²) in [4.78, 5) is 10.6. The Labute approximate surface area is 126 Å². The van der Waals surface area contributed by atoms with Crippen LogP contribution in [0.5, 0.6) is 0 Å². The van der Waals surface area contributed by atoms with Crippen LogP contribution in [0.25, 0.3) is 0 Å². The van der Waals surface area contributed by atoms with Gasteiger partial charge in [-0.3, -0.25) is 10.1 Å². The van der Waals surface area contributed by atoms with Crippen molar-refractivity contribution in [1.82, 2.24) is 5.32 Å². The number of benzene rings is 1. The quantitative estimate of drug-likeness (QED) is 0.446. The highest BCUT2D eigenvalue weighted by Crippen LogP contribution is 2.25. The fourth-order valence-electron chi connectivity index (χ4n) is 1.89. The van der Waals surface area contributed by atoms with E-state index in [1.807, 2.05) is 6.92 Å². The molecule has 0 aromatic heterocycles. The van der Waals surface area contributed by atoms with E-state index in [0.717, 1.165) is 19.4 Å². The molecule has 0 aliphatic rings. The highest BCUT2D eigenvalue weighted by atomic mass is 127. The van der Waals surface area contributed by atoms with Gasteiger partial charge < -0.3 is 5.32 Å².